The first-order valence-corrected chi connectivity index (χ1v) is 16.2. The van der Waals surface area contributed by atoms with Gasteiger partial charge < -0.3 is 19.4 Å². The molecule has 0 saturated carbocycles. The summed E-state index contributed by atoms with van der Waals surface area (Å²) in [5, 5.41) is 13.4. The molecule has 0 radical (unpaired) electrons. The summed E-state index contributed by atoms with van der Waals surface area (Å²) in [4.78, 5) is 46.9. The van der Waals surface area contributed by atoms with E-state index >= 15 is 0 Å². The van der Waals surface area contributed by atoms with Crippen LogP contribution in [0.1, 0.15) is 35.1 Å². The van der Waals surface area contributed by atoms with Gasteiger partial charge in [0.1, 0.15) is 17.5 Å². The number of nitrogens with one attached hydrogen (secondary N) is 3. The summed E-state index contributed by atoms with van der Waals surface area (Å²) < 4.78 is 157. The van der Waals surface area contributed by atoms with E-state index in [0.717, 1.165) is 4.90 Å². The predicted molar refractivity (Wildman–Crippen MR) is 179 cm³/mol. The first kappa shape index (κ1) is 43.7. The SMILES string of the molecule is CCOC(=O)NC(=N)c1ccc(NCc2nc3cc(C(=O)N(CCC(=O)OCC(F)(F)C(F)(F)C(F)(F)C(F)(F)C(F)(F)F)c4ccccn4)ccc3n2C)cc1. The molecule has 0 unspecified atom stereocenters. The Balaban J connectivity index is 1.45. The van der Waals surface area contributed by atoms with Crippen LogP contribution in [0.15, 0.2) is 66.9 Å². The Morgan fingerprint density at radius 3 is 2.09 bits per heavy atom. The number of ether oxygens (including phenoxy) is 2. The molecule has 4 rings (SSSR count). The number of benzene rings is 2. The third-order valence-corrected chi connectivity index (χ3v) is 8.08. The maximum atomic E-state index is 14.1. The van der Waals surface area contributed by atoms with E-state index < -0.39 is 67.4 Å². The van der Waals surface area contributed by atoms with Crippen LogP contribution >= 0.6 is 0 Å². The fraction of sp³-hybridized carbons (Fsp3) is 0.353. The number of alkyl carbamates (subject to hydrolysis) is 1. The molecular formula is C34H30F11N7O5. The van der Waals surface area contributed by atoms with Crippen LogP contribution in [0.4, 0.5) is 64.6 Å². The number of halogens is 11. The highest BCUT2D eigenvalue weighted by molar-refractivity contribution is 6.07. The van der Waals surface area contributed by atoms with E-state index in [1.54, 1.807) is 42.8 Å². The van der Waals surface area contributed by atoms with Crippen LogP contribution in [0.5, 0.6) is 0 Å². The Kier molecular flexibility index (Phi) is 12.7. The van der Waals surface area contributed by atoms with Crippen molar-refractivity contribution in [3.63, 3.8) is 0 Å². The van der Waals surface area contributed by atoms with Gasteiger partial charge in [-0.2, -0.15) is 48.3 Å². The van der Waals surface area contributed by atoms with Crippen LogP contribution < -0.4 is 15.5 Å². The van der Waals surface area contributed by atoms with Crippen LogP contribution in [-0.2, 0) is 27.9 Å². The summed E-state index contributed by atoms with van der Waals surface area (Å²) in [6.45, 7) is -1.86. The molecule has 2 heterocycles. The van der Waals surface area contributed by atoms with Gasteiger partial charge in [0.25, 0.3) is 5.91 Å². The lowest BCUT2D eigenvalue weighted by molar-refractivity contribution is -0.423. The number of aryl methyl sites for hydroxylation is 1. The van der Waals surface area contributed by atoms with Crippen LogP contribution in [0.25, 0.3) is 11.0 Å². The number of amidine groups is 1. The Morgan fingerprint density at radius 1 is 0.842 bits per heavy atom. The Morgan fingerprint density at radius 2 is 1.49 bits per heavy atom. The highest BCUT2D eigenvalue weighted by atomic mass is 19.4. The van der Waals surface area contributed by atoms with E-state index in [2.05, 4.69) is 25.3 Å². The molecule has 0 atom stereocenters. The number of carbonyl (C=O) groups excluding carboxylic acids is 3. The van der Waals surface area contributed by atoms with E-state index in [9.17, 15) is 62.7 Å². The molecule has 3 N–H and O–H groups in total. The average Bonchev–Trinajstić information content (AvgIpc) is 3.47. The fourth-order valence-corrected chi connectivity index (χ4v) is 4.95. The third-order valence-electron chi connectivity index (χ3n) is 8.08. The van der Waals surface area contributed by atoms with Gasteiger partial charge in [-0.15, -0.1) is 0 Å². The maximum Gasteiger partial charge on any atom is 0.460 e. The maximum absolute atomic E-state index is 14.1. The normalized spacial score (nSPS) is 12.6. The molecule has 308 valence electrons. The smallest absolute Gasteiger partial charge is 0.459 e. The Bertz CT molecular complexity index is 2100. The number of pyridine rings is 1. The summed E-state index contributed by atoms with van der Waals surface area (Å²) in [5.41, 5.74) is 1.84. The molecule has 2 amide bonds. The van der Waals surface area contributed by atoms with Crippen molar-refractivity contribution in [1.82, 2.24) is 19.9 Å². The number of aromatic nitrogens is 3. The molecule has 0 aliphatic carbocycles. The molecular weight excluding hydrogens is 795 g/mol. The van der Waals surface area contributed by atoms with Crippen molar-refractivity contribution in [3.05, 3.63) is 83.8 Å². The van der Waals surface area contributed by atoms with Gasteiger partial charge in [-0.25, -0.2) is 14.8 Å². The van der Waals surface area contributed by atoms with Gasteiger partial charge in [0.2, 0.25) is 0 Å². The van der Waals surface area contributed by atoms with Gasteiger partial charge in [-0.05, 0) is 61.5 Å². The second-order valence-corrected chi connectivity index (χ2v) is 11.9. The van der Waals surface area contributed by atoms with Gasteiger partial charge in [0.15, 0.2) is 6.61 Å². The lowest BCUT2D eigenvalue weighted by Gasteiger charge is -2.36. The van der Waals surface area contributed by atoms with Crippen LogP contribution in [0.2, 0.25) is 0 Å². The van der Waals surface area contributed by atoms with Gasteiger partial charge in [0, 0.05) is 36.6 Å². The van der Waals surface area contributed by atoms with Crippen molar-refractivity contribution < 1.29 is 72.2 Å². The number of alkyl halides is 11. The van der Waals surface area contributed by atoms with Crippen LogP contribution in [0, 0.1) is 5.41 Å². The molecule has 2 aromatic heterocycles. The minimum Gasteiger partial charge on any atom is -0.459 e. The van der Waals surface area contributed by atoms with E-state index in [1.165, 1.54) is 42.6 Å². The highest BCUT2D eigenvalue weighted by Gasteiger charge is 2.87. The lowest BCUT2D eigenvalue weighted by atomic mass is 9.98. The quantitative estimate of drug-likeness (QED) is 0.0488. The number of hydrogen-bond acceptors (Lipinski definition) is 9. The molecule has 23 heteroatoms. The summed E-state index contributed by atoms with van der Waals surface area (Å²) in [6, 6.07) is 14.9. The monoisotopic (exact) mass is 825 g/mol. The topological polar surface area (TPSA) is 152 Å². The number of esters is 1. The third kappa shape index (κ3) is 9.17. The molecule has 4 aromatic rings. The molecule has 0 aliphatic rings. The number of amides is 2. The molecule has 0 spiro atoms. The zero-order chi connectivity index (χ0) is 42.6. The van der Waals surface area contributed by atoms with Gasteiger partial charge in [-0.3, -0.25) is 25.2 Å². The summed E-state index contributed by atoms with van der Waals surface area (Å²) >= 11 is 0. The largest absolute Gasteiger partial charge is 0.460 e. The Labute approximate surface area is 314 Å². The predicted octanol–water partition coefficient (Wildman–Crippen LogP) is 7.34. The van der Waals surface area contributed by atoms with Crippen molar-refractivity contribution in [2.45, 2.75) is 49.8 Å². The molecule has 2 aromatic carbocycles. The summed E-state index contributed by atoms with van der Waals surface area (Å²) in [5.74, 6) is -31.5. The fourth-order valence-electron chi connectivity index (χ4n) is 4.95. The number of nitrogens with zero attached hydrogens (tertiary/aromatic N) is 4. The number of rotatable bonds is 15. The standard InChI is InChI=1S/C34H30F11N7O5/c1-3-56-29(55)50-27(46)19-7-10-21(11-8-19)48-17-25-49-22-16-20(9-12-23(22)51(25)2)28(54)52(24-6-4-5-14-47-24)15-13-26(53)57-18-30(35,36)31(37,38)32(39,40)33(41,42)34(43,44)45/h4-12,14,16,48H,3,13,15,17-18H2,1-2H3,(H2,46,50,55). The minimum atomic E-state index is -7.66. The molecule has 12 nitrogen and oxygen atoms in total. The number of imidazole rings is 1. The summed E-state index contributed by atoms with van der Waals surface area (Å²) in [6.07, 6.45) is -7.98. The van der Waals surface area contributed by atoms with E-state index in [1.807, 2.05) is 0 Å². The minimum absolute atomic E-state index is 0.0485. The zero-order valence-corrected chi connectivity index (χ0v) is 29.4. The van der Waals surface area contributed by atoms with Crippen molar-refractivity contribution in [2.24, 2.45) is 7.05 Å². The van der Waals surface area contributed by atoms with Crippen molar-refractivity contribution in [3.8, 4) is 0 Å². The van der Waals surface area contributed by atoms with Crippen LogP contribution in [0.3, 0.4) is 0 Å². The number of carbonyl (C=O) groups is 3. The van der Waals surface area contributed by atoms with Crippen molar-refractivity contribution in [1.29, 1.82) is 5.41 Å². The zero-order valence-electron chi connectivity index (χ0n) is 29.4. The van der Waals surface area contributed by atoms with Crippen molar-refractivity contribution >= 4 is 46.3 Å². The molecule has 0 saturated heterocycles. The van der Waals surface area contributed by atoms with E-state index in [-0.39, 0.29) is 30.4 Å². The van der Waals surface area contributed by atoms with Crippen LogP contribution in [-0.4, -0.2) is 88.0 Å². The molecule has 0 fully saturated rings. The Hall–Kier alpha value is -6.03. The lowest BCUT2D eigenvalue weighted by Crippen LogP contribution is -2.67. The molecule has 57 heavy (non-hydrogen) atoms. The number of anilines is 2. The highest BCUT2D eigenvalue weighted by Crippen LogP contribution is 2.57. The van der Waals surface area contributed by atoms with Crippen molar-refractivity contribution in [2.75, 3.05) is 30.0 Å². The average molecular weight is 826 g/mol. The molecule has 0 bridgehead atoms. The second-order valence-electron chi connectivity index (χ2n) is 11.9. The van der Waals surface area contributed by atoms with Gasteiger partial charge in [0.05, 0.1) is 30.6 Å². The van der Waals surface area contributed by atoms with E-state index in [0.29, 0.717) is 28.1 Å². The van der Waals surface area contributed by atoms with Gasteiger partial charge >= 0.3 is 41.9 Å². The number of fused-ring (bicyclic) bond motifs is 1. The van der Waals surface area contributed by atoms with E-state index in [4.69, 9.17) is 10.1 Å². The number of hydrogen-bond donors (Lipinski definition) is 3. The van der Waals surface area contributed by atoms with Gasteiger partial charge in [-0.1, -0.05) is 6.07 Å². The second kappa shape index (κ2) is 16.6. The first-order chi connectivity index (χ1) is 26.4. The summed E-state index contributed by atoms with van der Waals surface area (Å²) in [7, 11) is 1.69. The first-order valence-electron chi connectivity index (χ1n) is 16.2. The molecule has 0 aliphatic heterocycles.